The van der Waals surface area contributed by atoms with Gasteiger partial charge in [-0.3, -0.25) is 14.2 Å². The number of thioether (sulfide) groups is 1. The molecule has 3 aromatic rings. The summed E-state index contributed by atoms with van der Waals surface area (Å²) in [6, 6.07) is 7.82. The molecule has 152 valence electrons. The summed E-state index contributed by atoms with van der Waals surface area (Å²) in [5, 5.41) is 1.27. The molecule has 29 heavy (non-hydrogen) atoms. The number of aryl methyl sites for hydroxylation is 3. The molecular formula is C22H25N3O2S2. The first kappa shape index (κ1) is 20.2. The van der Waals surface area contributed by atoms with E-state index in [1.807, 2.05) is 49.9 Å². The summed E-state index contributed by atoms with van der Waals surface area (Å²) in [6.07, 6.45) is 3.34. The van der Waals surface area contributed by atoms with E-state index in [-0.39, 0.29) is 11.5 Å². The third-order valence-electron chi connectivity index (χ3n) is 5.56. The Balaban J connectivity index is 1.77. The molecule has 0 atom stereocenters. The minimum absolute atomic E-state index is 0.0564. The quantitative estimate of drug-likeness (QED) is 0.455. The molecule has 5 nitrogen and oxygen atoms in total. The van der Waals surface area contributed by atoms with E-state index in [1.54, 1.807) is 15.9 Å². The van der Waals surface area contributed by atoms with Gasteiger partial charge < -0.3 is 4.90 Å². The summed E-state index contributed by atoms with van der Waals surface area (Å²) in [4.78, 5) is 34.8. The lowest BCUT2D eigenvalue weighted by molar-refractivity contribution is -0.129. The van der Waals surface area contributed by atoms with Gasteiger partial charge in [-0.2, -0.15) is 0 Å². The molecule has 0 bridgehead atoms. The number of hydrogen-bond acceptors (Lipinski definition) is 5. The first-order valence-electron chi connectivity index (χ1n) is 9.96. The summed E-state index contributed by atoms with van der Waals surface area (Å²) >= 11 is 2.91. The highest BCUT2D eigenvalue weighted by molar-refractivity contribution is 7.99. The van der Waals surface area contributed by atoms with Crippen LogP contribution in [-0.2, 0) is 4.79 Å². The van der Waals surface area contributed by atoms with Crippen molar-refractivity contribution < 1.29 is 4.79 Å². The van der Waals surface area contributed by atoms with Crippen LogP contribution in [0, 0.1) is 20.8 Å². The van der Waals surface area contributed by atoms with Crippen molar-refractivity contribution in [2.45, 2.75) is 45.2 Å². The van der Waals surface area contributed by atoms with Gasteiger partial charge >= 0.3 is 0 Å². The van der Waals surface area contributed by atoms with Crippen molar-refractivity contribution in [3.05, 3.63) is 50.6 Å². The zero-order valence-corrected chi connectivity index (χ0v) is 18.7. The molecule has 0 N–H and O–H groups in total. The van der Waals surface area contributed by atoms with E-state index in [9.17, 15) is 9.59 Å². The lowest BCUT2D eigenvalue weighted by atomic mass is 10.1. The van der Waals surface area contributed by atoms with Crippen molar-refractivity contribution in [1.29, 1.82) is 0 Å². The van der Waals surface area contributed by atoms with Crippen LogP contribution in [0.25, 0.3) is 15.9 Å². The highest BCUT2D eigenvalue weighted by Crippen LogP contribution is 2.30. The summed E-state index contributed by atoms with van der Waals surface area (Å²) < 4.78 is 1.69. The van der Waals surface area contributed by atoms with Gasteiger partial charge in [-0.1, -0.05) is 30.0 Å². The van der Waals surface area contributed by atoms with Crippen molar-refractivity contribution in [3.8, 4) is 5.69 Å². The van der Waals surface area contributed by atoms with Crippen LogP contribution in [0.2, 0.25) is 0 Å². The van der Waals surface area contributed by atoms with Crippen LogP contribution in [0.3, 0.4) is 0 Å². The fourth-order valence-corrected chi connectivity index (χ4v) is 5.74. The predicted molar refractivity (Wildman–Crippen MR) is 121 cm³/mol. The van der Waals surface area contributed by atoms with Gasteiger partial charge in [0.25, 0.3) is 5.56 Å². The summed E-state index contributed by atoms with van der Waals surface area (Å²) in [7, 11) is 0. The monoisotopic (exact) mass is 427 g/mol. The molecule has 4 rings (SSSR count). The molecule has 1 aromatic carbocycles. The molecule has 0 saturated carbocycles. The van der Waals surface area contributed by atoms with E-state index >= 15 is 0 Å². The van der Waals surface area contributed by atoms with Gasteiger partial charge in [0.2, 0.25) is 5.91 Å². The number of thiophene rings is 1. The van der Waals surface area contributed by atoms with Gasteiger partial charge in [0.1, 0.15) is 4.83 Å². The Labute approximate surface area is 178 Å². The number of amides is 1. The Kier molecular flexibility index (Phi) is 5.79. The minimum Gasteiger partial charge on any atom is -0.342 e. The number of benzene rings is 1. The van der Waals surface area contributed by atoms with Gasteiger partial charge in [0.15, 0.2) is 5.16 Å². The van der Waals surface area contributed by atoms with Crippen LogP contribution < -0.4 is 5.56 Å². The van der Waals surface area contributed by atoms with Crippen LogP contribution in [-0.4, -0.2) is 39.2 Å². The molecular weight excluding hydrogens is 402 g/mol. The van der Waals surface area contributed by atoms with Crippen LogP contribution in [0.4, 0.5) is 0 Å². The number of hydrogen-bond donors (Lipinski definition) is 0. The summed E-state index contributed by atoms with van der Waals surface area (Å²) in [5.41, 5.74) is 2.76. The second kappa shape index (κ2) is 8.32. The summed E-state index contributed by atoms with van der Waals surface area (Å²) in [5.74, 6) is 0.423. The Morgan fingerprint density at radius 3 is 2.59 bits per heavy atom. The number of para-hydroxylation sites is 1. The first-order valence-corrected chi connectivity index (χ1v) is 11.8. The number of fused-ring (bicyclic) bond motifs is 1. The Hall–Kier alpha value is -2.12. The molecule has 3 heterocycles. The normalized spacial score (nSPS) is 14.5. The molecule has 0 aliphatic carbocycles. The highest BCUT2D eigenvalue weighted by atomic mass is 32.2. The molecule has 1 aliphatic rings. The minimum atomic E-state index is -0.0564. The number of piperidine rings is 1. The fraction of sp³-hybridized carbons (Fsp3) is 0.409. The van der Waals surface area contributed by atoms with Crippen LogP contribution in [0.5, 0.6) is 0 Å². The molecule has 0 spiro atoms. The van der Waals surface area contributed by atoms with Crippen molar-refractivity contribution in [2.75, 3.05) is 18.8 Å². The van der Waals surface area contributed by atoms with Crippen molar-refractivity contribution in [1.82, 2.24) is 14.5 Å². The van der Waals surface area contributed by atoms with Crippen molar-refractivity contribution in [2.24, 2.45) is 0 Å². The number of carbonyl (C=O) groups is 1. The van der Waals surface area contributed by atoms with Crippen molar-refractivity contribution in [3.63, 3.8) is 0 Å². The average molecular weight is 428 g/mol. The first-order chi connectivity index (χ1) is 14.0. The van der Waals surface area contributed by atoms with Gasteiger partial charge in [-0.15, -0.1) is 11.3 Å². The van der Waals surface area contributed by atoms with Crippen LogP contribution in [0.15, 0.2) is 34.2 Å². The van der Waals surface area contributed by atoms with Crippen molar-refractivity contribution >= 4 is 39.2 Å². The van der Waals surface area contributed by atoms with Gasteiger partial charge in [0, 0.05) is 18.0 Å². The van der Waals surface area contributed by atoms with Crippen LogP contribution in [0.1, 0.15) is 35.3 Å². The number of rotatable bonds is 4. The lowest BCUT2D eigenvalue weighted by Crippen LogP contribution is -2.36. The Morgan fingerprint density at radius 2 is 1.86 bits per heavy atom. The molecule has 1 fully saturated rings. The maximum Gasteiger partial charge on any atom is 0.267 e. The molecule has 0 unspecified atom stereocenters. The average Bonchev–Trinajstić information content (AvgIpc) is 3.01. The van der Waals surface area contributed by atoms with Gasteiger partial charge in [0.05, 0.1) is 16.8 Å². The van der Waals surface area contributed by atoms with Gasteiger partial charge in [-0.05, 0) is 57.2 Å². The smallest absolute Gasteiger partial charge is 0.267 e. The molecule has 1 saturated heterocycles. The van der Waals surface area contributed by atoms with E-state index < -0.39 is 0 Å². The predicted octanol–water partition coefficient (Wildman–Crippen LogP) is 4.48. The zero-order valence-electron chi connectivity index (χ0n) is 17.0. The maximum atomic E-state index is 13.5. The topological polar surface area (TPSA) is 55.2 Å². The van der Waals surface area contributed by atoms with Crippen LogP contribution >= 0.6 is 23.1 Å². The standard InChI is InChI=1S/C22H25N3O2S2/c1-14-9-5-6-10-17(14)25-21(27)19-15(2)16(3)29-20(19)23-22(25)28-13-18(26)24-11-7-4-8-12-24/h5-6,9-10H,4,7-8,11-13H2,1-3H3. The largest absolute Gasteiger partial charge is 0.342 e. The van der Waals surface area contributed by atoms with E-state index in [1.165, 1.54) is 18.2 Å². The van der Waals surface area contributed by atoms with E-state index in [0.29, 0.717) is 16.3 Å². The number of carbonyl (C=O) groups excluding carboxylic acids is 1. The number of likely N-dealkylation sites (tertiary alicyclic amines) is 1. The number of aromatic nitrogens is 2. The second-order valence-electron chi connectivity index (χ2n) is 7.51. The molecule has 7 heteroatoms. The SMILES string of the molecule is Cc1ccccc1-n1c(SCC(=O)N2CCCCC2)nc2sc(C)c(C)c2c1=O. The second-order valence-corrected chi connectivity index (χ2v) is 9.66. The zero-order chi connectivity index (χ0) is 20.5. The third kappa shape index (κ3) is 3.85. The molecule has 2 aromatic heterocycles. The molecule has 0 radical (unpaired) electrons. The summed E-state index contributed by atoms with van der Waals surface area (Å²) in [6.45, 7) is 7.66. The maximum absolute atomic E-state index is 13.5. The van der Waals surface area contributed by atoms with E-state index in [4.69, 9.17) is 4.98 Å². The van der Waals surface area contributed by atoms with E-state index in [2.05, 4.69) is 0 Å². The van der Waals surface area contributed by atoms with Gasteiger partial charge in [-0.25, -0.2) is 4.98 Å². The molecule has 1 aliphatic heterocycles. The Morgan fingerprint density at radius 1 is 1.14 bits per heavy atom. The third-order valence-corrected chi connectivity index (χ3v) is 7.59. The fourth-order valence-electron chi connectivity index (χ4n) is 3.76. The lowest BCUT2D eigenvalue weighted by Gasteiger charge is -2.26. The molecule has 1 amide bonds. The highest BCUT2D eigenvalue weighted by Gasteiger charge is 2.21. The Bertz CT molecular complexity index is 1130. The number of nitrogens with zero attached hydrogens (tertiary/aromatic N) is 3. The van der Waals surface area contributed by atoms with E-state index in [0.717, 1.165) is 52.5 Å².